The summed E-state index contributed by atoms with van der Waals surface area (Å²) < 4.78 is 2.11. The number of nitrogens with zero attached hydrogens (tertiary/aromatic N) is 3. The van der Waals surface area contributed by atoms with E-state index in [-0.39, 0.29) is 11.6 Å². The Bertz CT molecular complexity index is 681. The summed E-state index contributed by atoms with van der Waals surface area (Å²) in [6.45, 7) is 16.1. The average molecular weight is 343 g/mol. The predicted octanol–water partition coefficient (Wildman–Crippen LogP) is 4.25. The van der Waals surface area contributed by atoms with E-state index in [4.69, 9.17) is 0 Å². The van der Waals surface area contributed by atoms with Gasteiger partial charge in [-0.05, 0) is 59.3 Å². The van der Waals surface area contributed by atoms with E-state index in [0.29, 0.717) is 0 Å². The molecule has 1 aromatic carbocycles. The van der Waals surface area contributed by atoms with E-state index in [2.05, 4.69) is 92.9 Å². The first-order chi connectivity index (χ1) is 11.7. The molecule has 4 heteroatoms. The van der Waals surface area contributed by atoms with Crippen molar-refractivity contribution in [1.82, 2.24) is 20.0 Å². The molecule has 0 spiro atoms. The minimum Gasteiger partial charge on any atom is -0.306 e. The molecule has 0 fully saturated rings. The molecule has 0 radical (unpaired) electrons. The zero-order chi connectivity index (χ0) is 18.6. The van der Waals surface area contributed by atoms with Crippen molar-refractivity contribution in [3.05, 3.63) is 52.8 Å². The fourth-order valence-electron chi connectivity index (χ4n) is 3.17. The standard InChI is InChI=1S/C21H34N4/c1-8-24(7)15-19-11-9-10-18(12-19)13-22-16(2)20-14-23-25(17(20)3)21(4,5)6/h9-12,14,16,22H,8,13,15H2,1-7H3. The van der Waals surface area contributed by atoms with Gasteiger partial charge in [-0.15, -0.1) is 0 Å². The Labute approximate surface area is 153 Å². The molecule has 2 aromatic rings. The summed E-state index contributed by atoms with van der Waals surface area (Å²) in [7, 11) is 2.16. The van der Waals surface area contributed by atoms with Crippen LogP contribution in [-0.2, 0) is 18.6 Å². The van der Waals surface area contributed by atoms with Crippen molar-refractivity contribution < 1.29 is 0 Å². The third-order valence-corrected chi connectivity index (χ3v) is 4.75. The van der Waals surface area contributed by atoms with Gasteiger partial charge in [-0.1, -0.05) is 31.2 Å². The van der Waals surface area contributed by atoms with Gasteiger partial charge in [-0.2, -0.15) is 5.10 Å². The van der Waals surface area contributed by atoms with Crippen molar-refractivity contribution in [2.24, 2.45) is 0 Å². The molecule has 0 aliphatic heterocycles. The van der Waals surface area contributed by atoms with Crippen LogP contribution in [0.5, 0.6) is 0 Å². The summed E-state index contributed by atoms with van der Waals surface area (Å²) in [6, 6.07) is 9.14. The zero-order valence-electron chi connectivity index (χ0n) is 16.9. The lowest BCUT2D eigenvalue weighted by Gasteiger charge is -2.22. The molecule has 138 valence electrons. The van der Waals surface area contributed by atoms with Crippen LogP contribution in [0.1, 0.15) is 63.0 Å². The highest BCUT2D eigenvalue weighted by atomic mass is 15.3. The summed E-state index contributed by atoms with van der Waals surface area (Å²) in [5.74, 6) is 0. The first-order valence-corrected chi connectivity index (χ1v) is 9.27. The van der Waals surface area contributed by atoms with E-state index in [1.165, 1.54) is 22.4 Å². The van der Waals surface area contributed by atoms with Crippen LogP contribution in [0.15, 0.2) is 30.5 Å². The molecule has 0 saturated carbocycles. The Hall–Kier alpha value is -1.65. The maximum Gasteiger partial charge on any atom is 0.0546 e. The Morgan fingerprint density at radius 1 is 1.24 bits per heavy atom. The van der Waals surface area contributed by atoms with Gasteiger partial charge in [0.05, 0.1) is 11.7 Å². The smallest absolute Gasteiger partial charge is 0.0546 e. The summed E-state index contributed by atoms with van der Waals surface area (Å²) in [5, 5.41) is 8.24. The minimum atomic E-state index is 0.0156. The van der Waals surface area contributed by atoms with Crippen LogP contribution in [0.25, 0.3) is 0 Å². The highest BCUT2D eigenvalue weighted by molar-refractivity contribution is 5.25. The molecule has 1 heterocycles. The van der Waals surface area contributed by atoms with Crippen molar-refractivity contribution in [3.63, 3.8) is 0 Å². The highest BCUT2D eigenvalue weighted by Gasteiger charge is 2.20. The maximum absolute atomic E-state index is 4.59. The van der Waals surface area contributed by atoms with Crippen LogP contribution in [-0.4, -0.2) is 28.3 Å². The van der Waals surface area contributed by atoms with Crippen LogP contribution in [0.3, 0.4) is 0 Å². The van der Waals surface area contributed by atoms with Gasteiger partial charge >= 0.3 is 0 Å². The molecule has 0 saturated heterocycles. The summed E-state index contributed by atoms with van der Waals surface area (Å²) in [6.07, 6.45) is 2.00. The lowest BCUT2D eigenvalue weighted by atomic mass is 10.1. The predicted molar refractivity (Wildman–Crippen MR) is 106 cm³/mol. The molecular weight excluding hydrogens is 308 g/mol. The van der Waals surface area contributed by atoms with Gasteiger partial charge in [0.2, 0.25) is 0 Å². The van der Waals surface area contributed by atoms with E-state index >= 15 is 0 Å². The van der Waals surface area contributed by atoms with Gasteiger partial charge in [0.15, 0.2) is 0 Å². The number of rotatable bonds is 7. The summed E-state index contributed by atoms with van der Waals surface area (Å²) in [4.78, 5) is 2.32. The lowest BCUT2D eigenvalue weighted by Crippen LogP contribution is -2.25. The lowest BCUT2D eigenvalue weighted by molar-refractivity contribution is 0.345. The topological polar surface area (TPSA) is 33.1 Å². The van der Waals surface area contributed by atoms with Crippen molar-refractivity contribution in [3.8, 4) is 0 Å². The van der Waals surface area contributed by atoms with Crippen LogP contribution >= 0.6 is 0 Å². The van der Waals surface area contributed by atoms with E-state index in [0.717, 1.165) is 19.6 Å². The fourth-order valence-corrected chi connectivity index (χ4v) is 3.17. The Morgan fingerprint density at radius 3 is 2.52 bits per heavy atom. The number of hydrogen-bond acceptors (Lipinski definition) is 3. The van der Waals surface area contributed by atoms with Crippen LogP contribution in [0.4, 0.5) is 0 Å². The van der Waals surface area contributed by atoms with Crippen LogP contribution in [0.2, 0.25) is 0 Å². The molecule has 0 amide bonds. The van der Waals surface area contributed by atoms with Gasteiger partial charge in [-0.25, -0.2) is 0 Å². The molecular formula is C21H34N4. The molecule has 0 bridgehead atoms. The summed E-state index contributed by atoms with van der Waals surface area (Å²) >= 11 is 0. The van der Waals surface area contributed by atoms with Crippen molar-refractivity contribution in [2.75, 3.05) is 13.6 Å². The van der Waals surface area contributed by atoms with Crippen LogP contribution < -0.4 is 5.32 Å². The van der Waals surface area contributed by atoms with E-state index in [1.54, 1.807) is 0 Å². The molecule has 4 nitrogen and oxygen atoms in total. The first kappa shape index (κ1) is 19.7. The van der Waals surface area contributed by atoms with Gasteiger partial charge in [0.25, 0.3) is 0 Å². The Balaban J connectivity index is 2.02. The minimum absolute atomic E-state index is 0.0156. The molecule has 1 aromatic heterocycles. The molecule has 1 unspecified atom stereocenters. The van der Waals surface area contributed by atoms with Gasteiger partial charge in [0.1, 0.15) is 0 Å². The fraction of sp³-hybridized carbons (Fsp3) is 0.571. The third kappa shape index (κ3) is 5.16. The number of benzene rings is 1. The molecule has 2 rings (SSSR count). The van der Waals surface area contributed by atoms with Crippen LogP contribution in [0, 0.1) is 6.92 Å². The van der Waals surface area contributed by atoms with Crippen molar-refractivity contribution >= 4 is 0 Å². The normalized spacial score (nSPS) is 13.4. The first-order valence-electron chi connectivity index (χ1n) is 9.27. The molecule has 1 atom stereocenters. The molecule has 0 aliphatic rings. The second kappa shape index (κ2) is 8.15. The maximum atomic E-state index is 4.59. The molecule has 0 aliphatic carbocycles. The average Bonchev–Trinajstić information content (AvgIpc) is 2.94. The summed E-state index contributed by atoms with van der Waals surface area (Å²) in [5.41, 5.74) is 5.23. The van der Waals surface area contributed by atoms with E-state index < -0.39 is 0 Å². The second-order valence-corrected chi connectivity index (χ2v) is 8.02. The SMILES string of the molecule is CCN(C)Cc1cccc(CNC(C)c2cnn(C(C)(C)C)c2C)c1. The highest BCUT2D eigenvalue weighted by Crippen LogP contribution is 2.23. The number of hydrogen-bond donors (Lipinski definition) is 1. The quantitative estimate of drug-likeness (QED) is 0.816. The van der Waals surface area contributed by atoms with Gasteiger partial charge < -0.3 is 10.2 Å². The van der Waals surface area contributed by atoms with Crippen molar-refractivity contribution in [2.45, 2.75) is 66.2 Å². The monoisotopic (exact) mass is 342 g/mol. The Kier molecular flexibility index (Phi) is 6.42. The number of aromatic nitrogens is 2. The zero-order valence-corrected chi connectivity index (χ0v) is 16.9. The number of nitrogens with one attached hydrogen (secondary N) is 1. The molecule has 1 N–H and O–H groups in total. The van der Waals surface area contributed by atoms with Gasteiger partial charge in [-0.3, -0.25) is 4.68 Å². The van der Waals surface area contributed by atoms with E-state index in [9.17, 15) is 0 Å². The largest absolute Gasteiger partial charge is 0.306 e. The second-order valence-electron chi connectivity index (χ2n) is 8.02. The van der Waals surface area contributed by atoms with Gasteiger partial charge in [0, 0.05) is 30.4 Å². The van der Waals surface area contributed by atoms with Crippen molar-refractivity contribution in [1.29, 1.82) is 0 Å². The third-order valence-electron chi connectivity index (χ3n) is 4.75. The Morgan fingerprint density at radius 2 is 1.92 bits per heavy atom. The molecule has 25 heavy (non-hydrogen) atoms. The van der Waals surface area contributed by atoms with E-state index in [1.807, 2.05) is 6.20 Å².